The van der Waals surface area contributed by atoms with E-state index in [4.69, 9.17) is 20.4 Å². The lowest BCUT2D eigenvalue weighted by molar-refractivity contribution is -0.153. The van der Waals surface area contributed by atoms with E-state index in [1.165, 1.54) is 0 Å². The van der Waals surface area contributed by atoms with Crippen molar-refractivity contribution in [2.75, 3.05) is 0 Å². The highest BCUT2D eigenvalue weighted by Crippen LogP contribution is 2.29. The van der Waals surface area contributed by atoms with E-state index in [2.05, 4.69) is 4.42 Å². The molecule has 0 radical (unpaired) electrons. The van der Waals surface area contributed by atoms with Crippen LogP contribution in [0, 0.1) is 0 Å². The number of carbonyl (C=O) groups is 4. The Labute approximate surface area is 104 Å². The molecule has 0 atom stereocenters. The second-order valence-electron chi connectivity index (χ2n) is 3.46. The van der Waals surface area contributed by atoms with Crippen molar-refractivity contribution in [2.45, 2.75) is 11.8 Å². The summed E-state index contributed by atoms with van der Waals surface area (Å²) in [5.41, 5.74) is -0.519. The van der Waals surface area contributed by atoms with Gasteiger partial charge < -0.3 is 24.8 Å². The van der Waals surface area contributed by atoms with Crippen LogP contribution in [0.15, 0.2) is 16.7 Å². The van der Waals surface area contributed by atoms with Crippen molar-refractivity contribution >= 4 is 23.9 Å². The third-order valence-corrected chi connectivity index (χ3v) is 2.29. The van der Waals surface area contributed by atoms with E-state index in [9.17, 15) is 19.2 Å². The Balaban J connectivity index is 3.37. The highest BCUT2D eigenvalue weighted by Gasteiger charge is 2.39. The molecule has 0 saturated heterocycles. The summed E-state index contributed by atoms with van der Waals surface area (Å²) < 4.78 is 4.64. The van der Waals surface area contributed by atoms with Crippen LogP contribution in [0.1, 0.15) is 23.2 Å². The molecule has 0 bridgehead atoms. The zero-order valence-corrected chi connectivity index (χ0v) is 9.14. The van der Waals surface area contributed by atoms with Crippen molar-refractivity contribution in [1.29, 1.82) is 0 Å². The minimum absolute atomic E-state index is 0.519. The molecule has 102 valence electrons. The second kappa shape index (κ2) is 5.21. The van der Waals surface area contributed by atoms with Crippen molar-refractivity contribution in [1.82, 2.24) is 0 Å². The van der Waals surface area contributed by atoms with E-state index >= 15 is 0 Å². The number of rotatable bonds is 6. The van der Waals surface area contributed by atoms with E-state index in [1.807, 2.05) is 0 Å². The summed E-state index contributed by atoms with van der Waals surface area (Å²) in [5, 5.41) is 35.1. The molecule has 1 heterocycles. The number of carboxylic acid groups (broad SMARTS) is 4. The van der Waals surface area contributed by atoms with Gasteiger partial charge in [-0.2, -0.15) is 0 Å². The predicted molar refractivity (Wildman–Crippen MR) is 54.7 cm³/mol. The summed E-state index contributed by atoms with van der Waals surface area (Å²) in [4.78, 5) is 43.3. The van der Waals surface area contributed by atoms with Crippen molar-refractivity contribution < 1.29 is 44.0 Å². The van der Waals surface area contributed by atoms with E-state index in [0.717, 1.165) is 12.3 Å². The number of hydrogen-bond acceptors (Lipinski definition) is 5. The Kier molecular flexibility index (Phi) is 3.90. The largest absolute Gasteiger partial charge is 0.480 e. The smallest absolute Gasteiger partial charge is 0.325 e. The lowest BCUT2D eigenvalue weighted by atomic mass is 9.94. The topological polar surface area (TPSA) is 162 Å². The molecule has 0 aliphatic rings. The van der Waals surface area contributed by atoms with Gasteiger partial charge in [0, 0.05) is 5.56 Å². The molecule has 0 aliphatic carbocycles. The SMILES string of the molecule is O=C(O)C(C(=O)O)c1ccoc1C(C(=O)O)C(=O)O. The van der Waals surface area contributed by atoms with Gasteiger partial charge >= 0.3 is 23.9 Å². The van der Waals surface area contributed by atoms with Gasteiger partial charge in [0.15, 0.2) is 5.92 Å². The first-order valence-corrected chi connectivity index (χ1v) is 4.75. The summed E-state index contributed by atoms with van der Waals surface area (Å²) in [6, 6.07) is 0.918. The summed E-state index contributed by atoms with van der Waals surface area (Å²) >= 11 is 0. The van der Waals surface area contributed by atoms with Crippen molar-refractivity contribution in [2.24, 2.45) is 0 Å². The first kappa shape index (κ1) is 14.2. The Hall–Kier alpha value is -2.84. The molecule has 9 heteroatoms. The molecular formula is C10H8O9. The fourth-order valence-electron chi connectivity index (χ4n) is 1.51. The van der Waals surface area contributed by atoms with Crippen molar-refractivity contribution in [3.8, 4) is 0 Å². The molecule has 0 fully saturated rings. The van der Waals surface area contributed by atoms with Gasteiger partial charge in [-0.1, -0.05) is 0 Å². The van der Waals surface area contributed by atoms with Crippen LogP contribution < -0.4 is 0 Å². The summed E-state index contributed by atoms with van der Waals surface area (Å²) in [6.45, 7) is 0. The summed E-state index contributed by atoms with van der Waals surface area (Å²) in [6.07, 6.45) is 0.836. The molecule has 0 amide bonds. The van der Waals surface area contributed by atoms with Crippen LogP contribution in [0.25, 0.3) is 0 Å². The van der Waals surface area contributed by atoms with Gasteiger partial charge in [0.2, 0.25) is 5.92 Å². The molecule has 0 aromatic carbocycles. The highest BCUT2D eigenvalue weighted by molar-refractivity contribution is 6.02. The van der Waals surface area contributed by atoms with Gasteiger partial charge in [0.1, 0.15) is 5.76 Å². The van der Waals surface area contributed by atoms with E-state index in [-0.39, 0.29) is 0 Å². The molecule has 9 nitrogen and oxygen atoms in total. The molecular weight excluding hydrogens is 264 g/mol. The van der Waals surface area contributed by atoms with Gasteiger partial charge in [-0.25, -0.2) is 0 Å². The van der Waals surface area contributed by atoms with Crippen LogP contribution in [-0.2, 0) is 19.2 Å². The predicted octanol–water partition coefficient (Wildman–Crippen LogP) is -0.215. The Morgan fingerprint density at radius 1 is 0.842 bits per heavy atom. The average molecular weight is 272 g/mol. The molecule has 1 aromatic heterocycles. The number of hydrogen-bond donors (Lipinski definition) is 4. The van der Waals surface area contributed by atoms with Crippen LogP contribution in [0.4, 0.5) is 0 Å². The van der Waals surface area contributed by atoms with Crippen LogP contribution in [0.5, 0.6) is 0 Å². The quantitative estimate of drug-likeness (QED) is 0.513. The molecule has 0 spiro atoms. The lowest BCUT2D eigenvalue weighted by Crippen LogP contribution is -2.26. The molecule has 19 heavy (non-hydrogen) atoms. The lowest BCUT2D eigenvalue weighted by Gasteiger charge is -2.10. The zero-order chi connectivity index (χ0) is 14.7. The first-order chi connectivity index (χ1) is 8.77. The van der Waals surface area contributed by atoms with Crippen LogP contribution in [0.2, 0.25) is 0 Å². The Morgan fingerprint density at radius 2 is 1.26 bits per heavy atom. The summed E-state index contributed by atoms with van der Waals surface area (Å²) in [7, 11) is 0. The highest BCUT2D eigenvalue weighted by atomic mass is 16.4. The van der Waals surface area contributed by atoms with E-state index < -0.39 is 47.0 Å². The van der Waals surface area contributed by atoms with Crippen molar-refractivity contribution in [3.05, 3.63) is 23.7 Å². The standard InChI is InChI=1S/C10H8O9/c11-7(12)4(8(13)14)3-1-2-19-6(3)5(9(15)16)10(17)18/h1-2,4-5H,(H,11,12)(H,13,14)(H,15,16)(H,17,18). The molecule has 4 N–H and O–H groups in total. The molecule has 1 aromatic rings. The second-order valence-corrected chi connectivity index (χ2v) is 3.46. The van der Waals surface area contributed by atoms with Gasteiger partial charge in [-0.3, -0.25) is 19.2 Å². The van der Waals surface area contributed by atoms with Crippen molar-refractivity contribution in [3.63, 3.8) is 0 Å². The maximum absolute atomic E-state index is 10.8. The first-order valence-electron chi connectivity index (χ1n) is 4.75. The maximum Gasteiger partial charge on any atom is 0.325 e. The molecule has 0 unspecified atom stereocenters. The minimum Gasteiger partial charge on any atom is -0.480 e. The number of aliphatic carboxylic acids is 4. The normalized spacial score (nSPS) is 10.6. The Bertz CT molecular complexity index is 466. The van der Waals surface area contributed by atoms with Gasteiger partial charge in [0.25, 0.3) is 0 Å². The number of furan rings is 1. The van der Waals surface area contributed by atoms with Crippen LogP contribution in [-0.4, -0.2) is 44.3 Å². The molecule has 0 saturated carbocycles. The third-order valence-electron chi connectivity index (χ3n) is 2.29. The molecule has 1 rings (SSSR count). The van der Waals surface area contributed by atoms with E-state index in [0.29, 0.717) is 0 Å². The van der Waals surface area contributed by atoms with Gasteiger partial charge in [0.05, 0.1) is 6.26 Å². The third kappa shape index (κ3) is 2.70. The Morgan fingerprint density at radius 3 is 1.63 bits per heavy atom. The maximum atomic E-state index is 10.8. The summed E-state index contributed by atoms with van der Waals surface area (Å²) in [5.74, 6) is -12.1. The van der Waals surface area contributed by atoms with Crippen LogP contribution >= 0.6 is 0 Å². The minimum atomic E-state index is -2.17. The monoisotopic (exact) mass is 272 g/mol. The fraction of sp³-hybridized carbons (Fsp3) is 0.200. The van der Waals surface area contributed by atoms with Crippen LogP contribution in [0.3, 0.4) is 0 Å². The average Bonchev–Trinajstić information content (AvgIpc) is 2.64. The van der Waals surface area contributed by atoms with Gasteiger partial charge in [-0.15, -0.1) is 0 Å². The van der Waals surface area contributed by atoms with Gasteiger partial charge in [-0.05, 0) is 6.07 Å². The van der Waals surface area contributed by atoms with E-state index in [1.54, 1.807) is 0 Å². The fourth-order valence-corrected chi connectivity index (χ4v) is 1.51. The molecule has 0 aliphatic heterocycles. The zero-order valence-electron chi connectivity index (χ0n) is 9.14. The number of carboxylic acids is 4.